The van der Waals surface area contributed by atoms with Crippen molar-refractivity contribution in [2.75, 3.05) is 26.3 Å². The average Bonchev–Trinajstić information content (AvgIpc) is 2.54. The topological polar surface area (TPSA) is 116 Å². The number of morpholine rings is 1. The molecule has 0 aliphatic carbocycles. The molecule has 0 aromatic heterocycles. The van der Waals surface area contributed by atoms with Crippen molar-refractivity contribution in [2.24, 2.45) is 0 Å². The lowest BCUT2D eigenvalue weighted by Crippen LogP contribution is -2.55. The summed E-state index contributed by atoms with van der Waals surface area (Å²) in [7, 11) is -2.00. The summed E-state index contributed by atoms with van der Waals surface area (Å²) in [6.45, 7) is 8.55. The molecular weight excluding hydrogens is 325 g/mol. The molecule has 0 spiro atoms. The number of nitrogens with zero attached hydrogens (tertiary/aromatic N) is 1. The van der Waals surface area contributed by atoms with Gasteiger partial charge in [0.05, 0.1) is 24.4 Å². The van der Waals surface area contributed by atoms with E-state index in [4.69, 9.17) is 14.9 Å². The van der Waals surface area contributed by atoms with Crippen LogP contribution < -0.4 is 15.5 Å². The third-order valence-electron chi connectivity index (χ3n) is 4.23. The fourth-order valence-corrected chi connectivity index (χ4v) is 1.73. The predicted octanol–water partition coefficient (Wildman–Crippen LogP) is -1.90. The molecule has 2 N–H and O–H groups in total. The summed E-state index contributed by atoms with van der Waals surface area (Å²) in [6.07, 6.45) is 0. The summed E-state index contributed by atoms with van der Waals surface area (Å²) < 4.78 is 5.16. The maximum absolute atomic E-state index is 12.0. The molecule has 2 rings (SSSR count). The van der Waals surface area contributed by atoms with Crippen LogP contribution in [0.25, 0.3) is 0 Å². The van der Waals surface area contributed by atoms with E-state index >= 15 is 0 Å². The Morgan fingerprint density at radius 3 is 1.84 bits per heavy atom. The van der Waals surface area contributed by atoms with Gasteiger partial charge in [0, 0.05) is 18.7 Å². The molecule has 0 saturated carbocycles. The van der Waals surface area contributed by atoms with Crippen LogP contribution in [0, 0.1) is 0 Å². The van der Waals surface area contributed by atoms with Gasteiger partial charge in [-0.15, -0.1) is 5.46 Å². The van der Waals surface area contributed by atoms with E-state index in [0.29, 0.717) is 31.9 Å². The second kappa shape index (κ2) is 8.78. The van der Waals surface area contributed by atoms with E-state index in [1.807, 2.05) is 0 Å². The molecule has 0 bridgehead atoms. The fraction of sp³-hybridized carbons (Fsp3) is 0.588. The van der Waals surface area contributed by atoms with Crippen molar-refractivity contribution in [3.05, 3.63) is 29.8 Å². The number of ether oxygens (including phenoxy) is 1. The van der Waals surface area contributed by atoms with Gasteiger partial charge in [0.15, 0.2) is 0 Å². The van der Waals surface area contributed by atoms with Crippen molar-refractivity contribution in [2.45, 2.75) is 38.9 Å². The molecule has 1 fully saturated rings. The molecule has 1 amide bonds. The summed E-state index contributed by atoms with van der Waals surface area (Å²) in [5.41, 5.74) is -1.36. The van der Waals surface area contributed by atoms with Crippen molar-refractivity contribution in [1.29, 1.82) is 0 Å². The number of benzene rings is 1. The van der Waals surface area contributed by atoms with E-state index < -0.39 is 18.3 Å². The average molecular weight is 351 g/mol. The number of hydrogen-bond donors (Lipinski definition) is 2. The molecule has 1 heterocycles. The Kier molecular flexibility index (Phi) is 7.58. The van der Waals surface area contributed by atoms with E-state index in [1.54, 1.807) is 32.6 Å². The summed E-state index contributed by atoms with van der Waals surface area (Å²) >= 11 is 0. The molecular formula is C17H26BNO6-2. The van der Waals surface area contributed by atoms with Crippen molar-refractivity contribution < 1.29 is 29.8 Å². The first-order valence-electron chi connectivity index (χ1n) is 8.17. The van der Waals surface area contributed by atoms with E-state index in [2.05, 4.69) is 0 Å². The second-order valence-corrected chi connectivity index (χ2v) is 6.98. The van der Waals surface area contributed by atoms with Crippen LogP contribution in [0.4, 0.5) is 0 Å². The summed E-state index contributed by atoms with van der Waals surface area (Å²) in [5, 5.41) is 39.5. The van der Waals surface area contributed by atoms with Crippen LogP contribution in [0.5, 0.6) is 0 Å². The number of amides is 1. The molecule has 1 aliphatic heterocycles. The SMILES string of the molecule is CC(C)(O)C(C)(C)O.O=C(c1ccc(B([O-])[O-])cc1)N1CCOCC1. The maximum atomic E-state index is 12.0. The zero-order valence-electron chi connectivity index (χ0n) is 15.2. The molecule has 0 atom stereocenters. The third kappa shape index (κ3) is 6.76. The first-order valence-corrected chi connectivity index (χ1v) is 8.17. The lowest BCUT2D eigenvalue weighted by molar-refractivity contribution is -0.341. The number of carbonyl (C=O) groups excluding carboxylic acids is 1. The highest BCUT2D eigenvalue weighted by Gasteiger charge is 2.31. The number of aliphatic hydroxyl groups is 2. The minimum Gasteiger partial charge on any atom is -0.889 e. The van der Waals surface area contributed by atoms with Gasteiger partial charge in [-0.2, -0.15) is 0 Å². The van der Waals surface area contributed by atoms with Gasteiger partial charge >= 0.3 is 0 Å². The van der Waals surface area contributed by atoms with Crippen molar-refractivity contribution in [1.82, 2.24) is 4.90 Å². The number of hydrogen-bond acceptors (Lipinski definition) is 6. The van der Waals surface area contributed by atoms with Gasteiger partial charge in [-0.25, -0.2) is 0 Å². The first-order chi connectivity index (χ1) is 11.4. The van der Waals surface area contributed by atoms with E-state index in [0.717, 1.165) is 0 Å². The zero-order chi connectivity index (χ0) is 19.3. The summed E-state index contributed by atoms with van der Waals surface area (Å²) in [6, 6.07) is 5.88. The van der Waals surface area contributed by atoms with Crippen LogP contribution in [0.3, 0.4) is 0 Å². The first kappa shape index (κ1) is 21.6. The van der Waals surface area contributed by atoms with Crippen LogP contribution in [-0.2, 0) is 4.74 Å². The van der Waals surface area contributed by atoms with Gasteiger partial charge in [-0.3, -0.25) is 4.79 Å². The Morgan fingerprint density at radius 2 is 1.48 bits per heavy atom. The number of rotatable bonds is 3. The third-order valence-corrected chi connectivity index (χ3v) is 4.23. The largest absolute Gasteiger partial charge is 0.889 e. The van der Waals surface area contributed by atoms with Gasteiger partial charge in [-0.05, 0) is 27.7 Å². The van der Waals surface area contributed by atoms with Crippen LogP contribution in [0.1, 0.15) is 38.1 Å². The highest BCUT2D eigenvalue weighted by atomic mass is 16.5. The summed E-state index contributed by atoms with van der Waals surface area (Å²) in [5.74, 6) is -0.0896. The minimum atomic E-state index is -2.00. The van der Waals surface area contributed by atoms with Gasteiger partial charge in [0.1, 0.15) is 0 Å². The van der Waals surface area contributed by atoms with Crippen molar-refractivity contribution >= 4 is 18.5 Å². The lowest BCUT2D eigenvalue weighted by Gasteiger charge is -2.31. The Hall–Kier alpha value is -1.45. The number of carbonyl (C=O) groups is 1. The smallest absolute Gasteiger partial charge is 0.254 e. The van der Waals surface area contributed by atoms with Crippen LogP contribution >= 0.6 is 0 Å². The van der Waals surface area contributed by atoms with E-state index in [9.17, 15) is 14.8 Å². The minimum absolute atomic E-state index is 0.0896. The zero-order valence-corrected chi connectivity index (χ0v) is 15.2. The quantitative estimate of drug-likeness (QED) is 0.615. The van der Waals surface area contributed by atoms with Crippen LogP contribution in [0.15, 0.2) is 24.3 Å². The van der Waals surface area contributed by atoms with Gasteiger partial charge in [-0.1, -0.05) is 31.4 Å². The Labute approximate surface area is 149 Å². The van der Waals surface area contributed by atoms with Gasteiger partial charge in [0.25, 0.3) is 5.91 Å². The molecule has 25 heavy (non-hydrogen) atoms. The van der Waals surface area contributed by atoms with Gasteiger partial charge < -0.3 is 29.9 Å². The normalized spacial score (nSPS) is 15.3. The van der Waals surface area contributed by atoms with Crippen molar-refractivity contribution in [3.63, 3.8) is 0 Å². The van der Waals surface area contributed by atoms with E-state index in [1.165, 1.54) is 24.3 Å². The fourth-order valence-electron chi connectivity index (χ4n) is 1.73. The Morgan fingerprint density at radius 1 is 1.04 bits per heavy atom. The highest BCUT2D eigenvalue weighted by Crippen LogP contribution is 2.19. The monoisotopic (exact) mass is 351 g/mol. The van der Waals surface area contributed by atoms with Gasteiger partial charge in [0.2, 0.25) is 0 Å². The molecule has 140 valence electrons. The van der Waals surface area contributed by atoms with E-state index in [-0.39, 0.29) is 11.4 Å². The standard InChI is InChI=1S/C11H12BNO4.C6H14O2/c14-11(13-5-7-17-8-6-13)9-1-3-10(4-2-9)12(15)16;1-5(2,7)6(3,4)8/h1-4H,5-8H2;7-8H,1-4H3/q-2;. The molecule has 0 radical (unpaired) electrons. The Bertz CT molecular complexity index is 530. The molecule has 1 saturated heterocycles. The lowest BCUT2D eigenvalue weighted by atomic mass is 9.80. The molecule has 1 aromatic rings. The molecule has 1 aliphatic rings. The highest BCUT2D eigenvalue weighted by molar-refractivity contribution is 6.55. The maximum Gasteiger partial charge on any atom is 0.254 e. The molecule has 8 heteroatoms. The molecule has 0 unspecified atom stereocenters. The van der Waals surface area contributed by atoms with Crippen molar-refractivity contribution in [3.8, 4) is 0 Å². The predicted molar refractivity (Wildman–Crippen MR) is 91.1 cm³/mol. The van der Waals surface area contributed by atoms with Crippen LogP contribution in [-0.4, -0.2) is 65.6 Å². The molecule has 7 nitrogen and oxygen atoms in total. The van der Waals surface area contributed by atoms with Crippen LogP contribution in [0.2, 0.25) is 0 Å². The molecule has 1 aromatic carbocycles. The summed E-state index contributed by atoms with van der Waals surface area (Å²) in [4.78, 5) is 13.7. The Balaban J connectivity index is 0.000000333. The second-order valence-electron chi connectivity index (χ2n) is 6.98.